The number of urea groups is 1. The molecular formula is C23H30N4O5. The van der Waals surface area contributed by atoms with Crippen molar-refractivity contribution in [3.8, 4) is 0 Å². The summed E-state index contributed by atoms with van der Waals surface area (Å²) in [5.41, 5.74) is 0.953. The first-order chi connectivity index (χ1) is 15.7. The number of ether oxygens (including phenoxy) is 2. The van der Waals surface area contributed by atoms with Crippen molar-refractivity contribution >= 4 is 18.1 Å². The van der Waals surface area contributed by atoms with Crippen LogP contribution in [0.3, 0.4) is 0 Å². The molecule has 32 heavy (non-hydrogen) atoms. The molecule has 0 N–H and O–H groups in total. The van der Waals surface area contributed by atoms with Crippen LogP contribution in [0.25, 0.3) is 0 Å². The highest BCUT2D eigenvalue weighted by atomic mass is 16.6. The van der Waals surface area contributed by atoms with E-state index in [1.54, 1.807) is 9.80 Å². The number of benzene rings is 1. The minimum absolute atomic E-state index is 0.0427. The van der Waals surface area contributed by atoms with Crippen molar-refractivity contribution in [1.82, 2.24) is 19.6 Å². The van der Waals surface area contributed by atoms with Crippen molar-refractivity contribution in [3.05, 3.63) is 41.7 Å². The average molecular weight is 443 g/mol. The molecule has 0 spiro atoms. The van der Waals surface area contributed by atoms with Gasteiger partial charge in [0.2, 0.25) is 0 Å². The molecule has 0 unspecified atom stereocenters. The molecule has 1 aromatic rings. The van der Waals surface area contributed by atoms with E-state index < -0.39 is 0 Å². The van der Waals surface area contributed by atoms with Gasteiger partial charge in [0.15, 0.2) is 11.8 Å². The molecule has 3 fully saturated rings. The lowest BCUT2D eigenvalue weighted by molar-refractivity contribution is 0.0313. The maximum atomic E-state index is 13.2. The van der Waals surface area contributed by atoms with Gasteiger partial charge in [-0.2, -0.15) is 0 Å². The number of carbonyl (C=O) groups excluding carboxylic acids is 3. The summed E-state index contributed by atoms with van der Waals surface area (Å²) in [4.78, 5) is 44.4. The Morgan fingerprint density at radius 3 is 2.41 bits per heavy atom. The fraction of sp³-hybridized carbons (Fsp3) is 0.565. The number of piperidine rings is 1. The molecule has 3 heterocycles. The maximum absolute atomic E-state index is 13.2. The zero-order chi connectivity index (χ0) is 22.3. The van der Waals surface area contributed by atoms with Crippen molar-refractivity contribution in [2.24, 2.45) is 0 Å². The van der Waals surface area contributed by atoms with Crippen molar-refractivity contribution in [1.29, 1.82) is 0 Å². The standard InChI is InChI=1S/C23H30N4O5/c28-17-21(24-13-15-31-16-14-24)27-10-4-9-26(22(27)29)20-7-11-25(12-8-20)23(30)32-18-19-5-2-1-3-6-19/h1-3,5-6,20H,4,7-16,18H2. The highest BCUT2D eigenvalue weighted by Gasteiger charge is 2.37. The van der Waals surface area contributed by atoms with Crippen LogP contribution in [-0.4, -0.2) is 96.2 Å². The second kappa shape index (κ2) is 10.5. The molecule has 4 rings (SSSR count). The van der Waals surface area contributed by atoms with Crippen LogP contribution in [0.15, 0.2) is 36.2 Å². The van der Waals surface area contributed by atoms with Crippen LogP contribution in [0.2, 0.25) is 0 Å². The predicted octanol–water partition coefficient (Wildman–Crippen LogP) is 1.92. The minimum Gasteiger partial charge on any atom is -0.445 e. The highest BCUT2D eigenvalue weighted by Crippen LogP contribution is 2.24. The molecule has 3 aliphatic rings. The molecule has 0 aromatic heterocycles. The lowest BCUT2D eigenvalue weighted by Crippen LogP contribution is -2.57. The lowest BCUT2D eigenvalue weighted by atomic mass is 10.0. The smallest absolute Gasteiger partial charge is 0.410 e. The Kier molecular flexibility index (Phi) is 7.29. The topological polar surface area (TPSA) is 82.6 Å². The summed E-state index contributed by atoms with van der Waals surface area (Å²) >= 11 is 0. The quantitative estimate of drug-likeness (QED) is 0.648. The molecule has 1 aromatic carbocycles. The minimum atomic E-state index is -0.322. The van der Waals surface area contributed by atoms with E-state index in [2.05, 4.69) is 0 Å². The summed E-state index contributed by atoms with van der Waals surface area (Å²) in [6.07, 6.45) is 1.85. The summed E-state index contributed by atoms with van der Waals surface area (Å²) in [7, 11) is 0. The number of hydrogen-bond donors (Lipinski definition) is 0. The zero-order valence-corrected chi connectivity index (χ0v) is 18.3. The third-order valence-corrected chi connectivity index (χ3v) is 6.28. The number of likely N-dealkylation sites (tertiary alicyclic amines) is 1. The number of carbonyl (C=O) groups is 2. The summed E-state index contributed by atoms with van der Waals surface area (Å²) in [6, 6.07) is 9.49. The third kappa shape index (κ3) is 5.06. The lowest BCUT2D eigenvalue weighted by Gasteiger charge is -2.44. The second-order valence-corrected chi connectivity index (χ2v) is 8.26. The van der Waals surface area contributed by atoms with Crippen LogP contribution in [0.5, 0.6) is 0 Å². The predicted molar refractivity (Wildman–Crippen MR) is 116 cm³/mol. The highest BCUT2D eigenvalue weighted by molar-refractivity contribution is 5.79. The van der Waals surface area contributed by atoms with Crippen molar-refractivity contribution < 1.29 is 23.9 Å². The summed E-state index contributed by atoms with van der Waals surface area (Å²) in [5.74, 6) is 2.30. The van der Waals surface area contributed by atoms with Crippen molar-refractivity contribution in [2.45, 2.75) is 31.9 Å². The van der Waals surface area contributed by atoms with Crippen LogP contribution in [0.1, 0.15) is 24.8 Å². The van der Waals surface area contributed by atoms with E-state index in [0.29, 0.717) is 71.1 Å². The Bertz CT molecular complexity index is 843. The Labute approximate surface area is 188 Å². The van der Waals surface area contributed by atoms with Gasteiger partial charge in [-0.1, -0.05) is 30.3 Å². The summed E-state index contributed by atoms with van der Waals surface area (Å²) in [6.45, 7) is 4.75. The maximum Gasteiger partial charge on any atom is 0.410 e. The van der Waals surface area contributed by atoms with Gasteiger partial charge in [0.05, 0.1) is 13.2 Å². The van der Waals surface area contributed by atoms with Gasteiger partial charge in [-0.15, -0.1) is 0 Å². The van der Waals surface area contributed by atoms with E-state index in [0.717, 1.165) is 12.0 Å². The molecule has 9 nitrogen and oxygen atoms in total. The molecule has 3 aliphatic heterocycles. The number of nitrogens with zero attached hydrogens (tertiary/aromatic N) is 4. The van der Waals surface area contributed by atoms with Gasteiger partial charge in [0.25, 0.3) is 0 Å². The Morgan fingerprint density at radius 2 is 1.72 bits per heavy atom. The third-order valence-electron chi connectivity index (χ3n) is 6.28. The SMILES string of the molecule is O=C=C(N1CCOCC1)N1CCCN(C2CCN(C(=O)OCc3ccccc3)CC2)C1=O. The Morgan fingerprint density at radius 1 is 1.00 bits per heavy atom. The summed E-state index contributed by atoms with van der Waals surface area (Å²) < 4.78 is 10.8. The molecule has 9 heteroatoms. The van der Waals surface area contributed by atoms with Crippen LogP contribution in [0, 0.1) is 0 Å². The molecule has 0 radical (unpaired) electrons. The largest absolute Gasteiger partial charge is 0.445 e. The number of rotatable bonds is 5. The van der Waals surface area contributed by atoms with E-state index in [-0.39, 0.29) is 24.8 Å². The van der Waals surface area contributed by atoms with Gasteiger partial charge in [0.1, 0.15) is 6.61 Å². The van der Waals surface area contributed by atoms with Gasteiger partial charge < -0.3 is 24.2 Å². The van der Waals surface area contributed by atoms with Crippen LogP contribution >= 0.6 is 0 Å². The van der Waals surface area contributed by atoms with Gasteiger partial charge in [0, 0.05) is 45.3 Å². The molecule has 0 saturated carbocycles. The van der Waals surface area contributed by atoms with Crippen LogP contribution < -0.4 is 0 Å². The molecule has 3 saturated heterocycles. The second-order valence-electron chi connectivity index (χ2n) is 8.26. The van der Waals surface area contributed by atoms with E-state index >= 15 is 0 Å². The monoisotopic (exact) mass is 442 g/mol. The number of amides is 3. The number of morpholine rings is 1. The Balaban J connectivity index is 1.30. The molecule has 172 valence electrons. The first kappa shape index (κ1) is 22.2. The van der Waals surface area contributed by atoms with Crippen molar-refractivity contribution in [3.63, 3.8) is 0 Å². The van der Waals surface area contributed by atoms with Gasteiger partial charge in [-0.25, -0.2) is 14.4 Å². The summed E-state index contributed by atoms with van der Waals surface area (Å²) in [5, 5.41) is 0. The fourth-order valence-electron chi connectivity index (χ4n) is 4.52. The molecule has 3 amide bonds. The van der Waals surface area contributed by atoms with Gasteiger partial charge in [-0.3, -0.25) is 4.90 Å². The van der Waals surface area contributed by atoms with Crippen LogP contribution in [0.4, 0.5) is 9.59 Å². The van der Waals surface area contributed by atoms with E-state index in [9.17, 15) is 14.4 Å². The van der Waals surface area contributed by atoms with Crippen molar-refractivity contribution in [2.75, 3.05) is 52.5 Å². The molecular weight excluding hydrogens is 412 g/mol. The van der Waals surface area contributed by atoms with E-state index in [4.69, 9.17) is 9.47 Å². The first-order valence-corrected chi connectivity index (χ1v) is 11.3. The number of hydrogen-bond acceptors (Lipinski definition) is 6. The van der Waals surface area contributed by atoms with Gasteiger partial charge in [-0.05, 0) is 24.8 Å². The van der Waals surface area contributed by atoms with E-state index in [1.165, 1.54) is 0 Å². The normalized spacial score (nSPS) is 20.2. The first-order valence-electron chi connectivity index (χ1n) is 11.3. The Hall–Kier alpha value is -3.03. The fourth-order valence-corrected chi connectivity index (χ4v) is 4.52. The molecule has 0 bridgehead atoms. The van der Waals surface area contributed by atoms with Gasteiger partial charge >= 0.3 is 12.1 Å². The van der Waals surface area contributed by atoms with E-state index in [1.807, 2.05) is 46.1 Å². The van der Waals surface area contributed by atoms with Crippen LogP contribution in [-0.2, 0) is 20.9 Å². The average Bonchev–Trinajstić information content (AvgIpc) is 2.85. The molecule has 0 aliphatic carbocycles. The zero-order valence-electron chi connectivity index (χ0n) is 18.3. The molecule has 0 atom stereocenters.